The Kier molecular flexibility index (Phi) is 1.94. The first-order chi connectivity index (χ1) is 6.81. The van der Waals surface area contributed by atoms with Crippen molar-refractivity contribution in [3.05, 3.63) is 0 Å². The SMILES string of the molecule is O=C1CC(OC2CCC2)C12CCCC2. The van der Waals surface area contributed by atoms with E-state index >= 15 is 0 Å². The summed E-state index contributed by atoms with van der Waals surface area (Å²) in [6, 6.07) is 0. The number of ether oxygens (including phenoxy) is 1. The Balaban J connectivity index is 1.66. The van der Waals surface area contributed by atoms with Crippen LogP contribution in [0.5, 0.6) is 0 Å². The molecule has 3 aliphatic rings. The monoisotopic (exact) mass is 194 g/mol. The molecule has 0 saturated heterocycles. The van der Waals surface area contributed by atoms with Crippen LogP contribution >= 0.6 is 0 Å². The maximum absolute atomic E-state index is 11.7. The van der Waals surface area contributed by atoms with Gasteiger partial charge in [0.25, 0.3) is 0 Å². The van der Waals surface area contributed by atoms with Crippen LogP contribution in [0.2, 0.25) is 0 Å². The van der Waals surface area contributed by atoms with Crippen LogP contribution in [-0.4, -0.2) is 18.0 Å². The summed E-state index contributed by atoms with van der Waals surface area (Å²) in [5.74, 6) is 0.485. The summed E-state index contributed by atoms with van der Waals surface area (Å²) in [5.41, 5.74) is -0.00437. The van der Waals surface area contributed by atoms with Gasteiger partial charge in [-0.3, -0.25) is 4.79 Å². The Bertz CT molecular complexity index is 249. The molecule has 0 radical (unpaired) electrons. The van der Waals surface area contributed by atoms with E-state index in [9.17, 15) is 4.79 Å². The first-order valence-electron chi connectivity index (χ1n) is 6.00. The molecule has 14 heavy (non-hydrogen) atoms. The van der Waals surface area contributed by atoms with E-state index < -0.39 is 0 Å². The molecule has 3 fully saturated rings. The molecule has 0 aromatic rings. The quantitative estimate of drug-likeness (QED) is 0.675. The molecule has 2 nitrogen and oxygen atoms in total. The molecule has 0 bridgehead atoms. The lowest BCUT2D eigenvalue weighted by molar-refractivity contribution is -0.177. The van der Waals surface area contributed by atoms with Crippen molar-refractivity contribution in [1.29, 1.82) is 0 Å². The van der Waals surface area contributed by atoms with E-state index in [1.165, 1.54) is 32.1 Å². The Morgan fingerprint density at radius 3 is 2.36 bits per heavy atom. The van der Waals surface area contributed by atoms with E-state index in [1.807, 2.05) is 0 Å². The zero-order valence-electron chi connectivity index (χ0n) is 8.63. The van der Waals surface area contributed by atoms with Crippen molar-refractivity contribution in [2.45, 2.75) is 63.6 Å². The molecule has 0 aromatic heterocycles. The van der Waals surface area contributed by atoms with Gasteiger partial charge in [0.2, 0.25) is 0 Å². The molecule has 0 amide bonds. The Morgan fingerprint density at radius 2 is 1.86 bits per heavy atom. The predicted octanol–water partition coefficient (Wildman–Crippen LogP) is 2.46. The summed E-state index contributed by atoms with van der Waals surface area (Å²) < 4.78 is 6.01. The molecule has 0 N–H and O–H groups in total. The van der Waals surface area contributed by atoms with E-state index in [1.54, 1.807) is 0 Å². The molecule has 3 saturated carbocycles. The Hall–Kier alpha value is -0.370. The van der Waals surface area contributed by atoms with Gasteiger partial charge in [-0.1, -0.05) is 12.8 Å². The van der Waals surface area contributed by atoms with E-state index in [0.29, 0.717) is 24.4 Å². The van der Waals surface area contributed by atoms with Crippen LogP contribution in [0.25, 0.3) is 0 Å². The van der Waals surface area contributed by atoms with Crippen molar-refractivity contribution in [3.8, 4) is 0 Å². The number of rotatable bonds is 2. The van der Waals surface area contributed by atoms with Gasteiger partial charge in [-0.05, 0) is 32.1 Å². The van der Waals surface area contributed by atoms with Crippen molar-refractivity contribution < 1.29 is 9.53 Å². The smallest absolute Gasteiger partial charge is 0.144 e. The summed E-state index contributed by atoms with van der Waals surface area (Å²) in [6.45, 7) is 0. The molecule has 0 aromatic carbocycles. The highest BCUT2D eigenvalue weighted by Gasteiger charge is 2.57. The van der Waals surface area contributed by atoms with Crippen molar-refractivity contribution in [2.24, 2.45) is 5.41 Å². The highest BCUT2D eigenvalue weighted by atomic mass is 16.5. The van der Waals surface area contributed by atoms with Crippen LogP contribution in [0.3, 0.4) is 0 Å². The fourth-order valence-corrected chi connectivity index (χ4v) is 3.14. The third-order valence-corrected chi connectivity index (χ3v) is 4.45. The van der Waals surface area contributed by atoms with Crippen LogP contribution in [0.4, 0.5) is 0 Å². The van der Waals surface area contributed by atoms with Gasteiger partial charge in [0.05, 0.1) is 17.6 Å². The van der Waals surface area contributed by atoms with E-state index in [4.69, 9.17) is 4.74 Å². The average molecular weight is 194 g/mol. The first kappa shape index (κ1) is 8.90. The lowest BCUT2D eigenvalue weighted by atomic mass is 9.63. The Labute approximate surface area is 85.0 Å². The second kappa shape index (κ2) is 3.06. The van der Waals surface area contributed by atoms with Crippen LogP contribution in [0.1, 0.15) is 51.4 Å². The van der Waals surface area contributed by atoms with Crippen molar-refractivity contribution >= 4 is 5.78 Å². The average Bonchev–Trinajstić information content (AvgIpc) is 2.59. The summed E-state index contributed by atoms with van der Waals surface area (Å²) in [5, 5.41) is 0. The maximum atomic E-state index is 11.7. The molecule has 1 atom stereocenters. The molecule has 3 rings (SSSR count). The maximum Gasteiger partial charge on any atom is 0.144 e. The highest BCUT2D eigenvalue weighted by molar-refractivity contribution is 5.92. The number of hydrogen-bond donors (Lipinski definition) is 0. The molecule has 3 aliphatic carbocycles. The van der Waals surface area contributed by atoms with E-state index in [0.717, 1.165) is 12.8 Å². The van der Waals surface area contributed by atoms with Gasteiger partial charge in [0.15, 0.2) is 0 Å². The minimum Gasteiger partial charge on any atom is -0.373 e. The molecule has 0 aliphatic heterocycles. The summed E-state index contributed by atoms with van der Waals surface area (Å²) >= 11 is 0. The third kappa shape index (κ3) is 1.10. The van der Waals surface area contributed by atoms with Crippen LogP contribution < -0.4 is 0 Å². The standard InChI is InChI=1S/C12H18O2/c13-10-8-11(14-9-4-3-5-9)12(10)6-1-2-7-12/h9,11H,1-8H2. The summed E-state index contributed by atoms with van der Waals surface area (Å²) in [7, 11) is 0. The topological polar surface area (TPSA) is 26.3 Å². The van der Waals surface area contributed by atoms with Gasteiger partial charge >= 0.3 is 0 Å². The second-order valence-electron chi connectivity index (χ2n) is 5.17. The minimum atomic E-state index is -0.00437. The van der Waals surface area contributed by atoms with Crippen molar-refractivity contribution in [1.82, 2.24) is 0 Å². The summed E-state index contributed by atoms with van der Waals surface area (Å²) in [6.07, 6.45) is 9.92. The molecule has 2 heteroatoms. The fraction of sp³-hybridized carbons (Fsp3) is 0.917. The first-order valence-corrected chi connectivity index (χ1v) is 6.00. The lowest BCUT2D eigenvalue weighted by Gasteiger charge is -2.47. The van der Waals surface area contributed by atoms with Gasteiger partial charge in [-0.2, -0.15) is 0 Å². The number of Topliss-reactive ketones (excluding diaryl/α,β-unsaturated/α-hetero) is 1. The highest BCUT2D eigenvalue weighted by Crippen LogP contribution is 2.52. The molecule has 0 heterocycles. The van der Waals surface area contributed by atoms with Gasteiger partial charge < -0.3 is 4.74 Å². The van der Waals surface area contributed by atoms with E-state index in [-0.39, 0.29) is 5.41 Å². The molecular weight excluding hydrogens is 176 g/mol. The Morgan fingerprint density at radius 1 is 1.14 bits per heavy atom. The van der Waals surface area contributed by atoms with Gasteiger partial charge in [-0.15, -0.1) is 0 Å². The van der Waals surface area contributed by atoms with Gasteiger partial charge in [0.1, 0.15) is 5.78 Å². The zero-order valence-corrected chi connectivity index (χ0v) is 8.63. The number of carbonyl (C=O) groups is 1. The fourth-order valence-electron chi connectivity index (χ4n) is 3.14. The minimum absolute atomic E-state index is 0.00437. The molecule has 78 valence electrons. The largest absolute Gasteiger partial charge is 0.373 e. The van der Waals surface area contributed by atoms with Gasteiger partial charge in [-0.25, -0.2) is 0 Å². The van der Waals surface area contributed by atoms with Crippen LogP contribution in [-0.2, 0) is 9.53 Å². The van der Waals surface area contributed by atoms with Gasteiger partial charge in [0, 0.05) is 6.42 Å². The summed E-state index contributed by atoms with van der Waals surface area (Å²) in [4.78, 5) is 11.7. The predicted molar refractivity (Wildman–Crippen MR) is 53.0 cm³/mol. The molecule has 1 spiro atoms. The number of ketones is 1. The number of hydrogen-bond acceptors (Lipinski definition) is 2. The van der Waals surface area contributed by atoms with Crippen molar-refractivity contribution in [3.63, 3.8) is 0 Å². The van der Waals surface area contributed by atoms with Crippen LogP contribution in [0.15, 0.2) is 0 Å². The van der Waals surface area contributed by atoms with Crippen LogP contribution in [0, 0.1) is 5.41 Å². The molecule has 1 unspecified atom stereocenters. The zero-order chi connectivity index (χ0) is 9.60. The van der Waals surface area contributed by atoms with Crippen molar-refractivity contribution in [2.75, 3.05) is 0 Å². The third-order valence-electron chi connectivity index (χ3n) is 4.45. The lowest BCUT2D eigenvalue weighted by Crippen LogP contribution is -2.55. The number of carbonyl (C=O) groups excluding carboxylic acids is 1. The molecular formula is C12H18O2. The second-order valence-corrected chi connectivity index (χ2v) is 5.17. The van der Waals surface area contributed by atoms with E-state index in [2.05, 4.69) is 0 Å². The normalized spacial score (nSPS) is 35.7.